The molecule has 0 aliphatic carbocycles. The van der Waals surface area contributed by atoms with Gasteiger partial charge in [-0.3, -0.25) is 4.90 Å². The topological polar surface area (TPSA) is 32.5 Å². The van der Waals surface area contributed by atoms with Crippen molar-refractivity contribution in [2.45, 2.75) is 44.7 Å². The van der Waals surface area contributed by atoms with Gasteiger partial charge < -0.3 is 10.6 Å². The van der Waals surface area contributed by atoms with Crippen LogP contribution in [0.4, 0.5) is 0 Å². The zero-order valence-electron chi connectivity index (χ0n) is 12.9. The van der Waals surface area contributed by atoms with Gasteiger partial charge in [0.25, 0.3) is 0 Å². The van der Waals surface area contributed by atoms with Crippen molar-refractivity contribution >= 4 is 11.8 Å². The molecule has 0 saturated carbocycles. The Kier molecular flexibility index (Phi) is 5.58. The van der Waals surface area contributed by atoms with E-state index in [1.165, 1.54) is 50.4 Å². The second-order valence-corrected chi connectivity index (χ2v) is 7.90. The van der Waals surface area contributed by atoms with E-state index >= 15 is 0 Å². The fraction of sp³-hybridized carbons (Fsp3) is 1.00. The van der Waals surface area contributed by atoms with Crippen LogP contribution in [0.1, 0.15) is 33.1 Å². The summed E-state index contributed by atoms with van der Waals surface area (Å²) in [5.41, 5.74) is 6.45. The molecule has 2 N–H and O–H groups in total. The fourth-order valence-electron chi connectivity index (χ4n) is 3.58. The highest BCUT2D eigenvalue weighted by Gasteiger charge is 2.40. The predicted molar refractivity (Wildman–Crippen MR) is 85.8 cm³/mol. The molecule has 2 fully saturated rings. The second-order valence-electron chi connectivity index (χ2n) is 6.75. The van der Waals surface area contributed by atoms with E-state index in [0.29, 0.717) is 0 Å². The molecule has 0 amide bonds. The lowest BCUT2D eigenvalue weighted by atomic mass is 9.84. The van der Waals surface area contributed by atoms with Crippen molar-refractivity contribution in [2.24, 2.45) is 11.7 Å². The molecule has 0 radical (unpaired) electrons. The summed E-state index contributed by atoms with van der Waals surface area (Å²) in [5, 5.41) is 0. The van der Waals surface area contributed by atoms with E-state index in [4.69, 9.17) is 5.73 Å². The van der Waals surface area contributed by atoms with Gasteiger partial charge >= 0.3 is 0 Å². The largest absolute Gasteiger partial charge is 0.329 e. The first kappa shape index (κ1) is 15.6. The first-order valence-electron chi connectivity index (χ1n) is 7.80. The molecule has 3 nitrogen and oxygen atoms in total. The average molecular weight is 286 g/mol. The lowest BCUT2D eigenvalue weighted by molar-refractivity contribution is 0.0201. The third-order valence-electron chi connectivity index (χ3n) is 4.99. The molecule has 112 valence electrons. The average Bonchev–Trinajstić information content (AvgIpc) is 2.92. The normalized spacial score (nSPS) is 28.4. The van der Waals surface area contributed by atoms with Crippen molar-refractivity contribution in [3.63, 3.8) is 0 Å². The highest BCUT2D eigenvalue weighted by Crippen LogP contribution is 2.33. The Bertz CT molecular complexity index is 269. The van der Waals surface area contributed by atoms with Crippen molar-refractivity contribution in [1.29, 1.82) is 0 Å². The monoisotopic (exact) mass is 285 g/mol. The maximum absolute atomic E-state index is 6.19. The lowest BCUT2D eigenvalue weighted by Crippen LogP contribution is -2.61. The zero-order chi connectivity index (χ0) is 13.9. The van der Waals surface area contributed by atoms with Crippen LogP contribution in [0, 0.1) is 5.92 Å². The van der Waals surface area contributed by atoms with Crippen LogP contribution in [0.25, 0.3) is 0 Å². The molecule has 2 saturated heterocycles. The Hall–Kier alpha value is 0.230. The molecule has 0 aromatic carbocycles. The molecule has 0 bridgehead atoms. The van der Waals surface area contributed by atoms with E-state index in [2.05, 4.69) is 42.5 Å². The number of piperidine rings is 1. The highest BCUT2D eigenvalue weighted by molar-refractivity contribution is 7.99. The van der Waals surface area contributed by atoms with E-state index in [9.17, 15) is 0 Å². The molecular weight excluding hydrogens is 254 g/mol. The maximum atomic E-state index is 6.19. The van der Waals surface area contributed by atoms with Crippen LogP contribution in [0.3, 0.4) is 0 Å². The first-order valence-corrected chi connectivity index (χ1v) is 8.96. The Labute approximate surface area is 123 Å². The van der Waals surface area contributed by atoms with E-state index in [-0.39, 0.29) is 5.54 Å². The number of thioether (sulfide) groups is 1. The molecule has 0 aromatic rings. The van der Waals surface area contributed by atoms with Gasteiger partial charge in [0.2, 0.25) is 0 Å². The van der Waals surface area contributed by atoms with Gasteiger partial charge in [-0.25, -0.2) is 0 Å². The minimum absolute atomic E-state index is 0.267. The van der Waals surface area contributed by atoms with Gasteiger partial charge in [-0.05, 0) is 51.1 Å². The number of likely N-dealkylation sites (tertiary alicyclic amines) is 1. The van der Waals surface area contributed by atoms with Gasteiger partial charge in [-0.1, -0.05) is 13.8 Å². The van der Waals surface area contributed by atoms with Gasteiger partial charge in [-0.15, -0.1) is 0 Å². The Morgan fingerprint density at radius 1 is 1.37 bits per heavy atom. The second kappa shape index (κ2) is 6.79. The molecule has 4 heteroatoms. The van der Waals surface area contributed by atoms with Crippen molar-refractivity contribution < 1.29 is 0 Å². The molecule has 19 heavy (non-hydrogen) atoms. The van der Waals surface area contributed by atoms with Crippen LogP contribution < -0.4 is 5.73 Å². The number of nitrogens with zero attached hydrogens (tertiary/aromatic N) is 2. The zero-order valence-corrected chi connectivity index (χ0v) is 13.7. The molecule has 2 rings (SSSR count). The summed E-state index contributed by atoms with van der Waals surface area (Å²) < 4.78 is 0. The minimum Gasteiger partial charge on any atom is -0.329 e. The molecular formula is C15H31N3S. The Morgan fingerprint density at radius 2 is 2.05 bits per heavy atom. The summed E-state index contributed by atoms with van der Waals surface area (Å²) in [6.07, 6.45) is 3.83. The SMILES string of the molecule is CC(C)CN1CCC(CN)(N(C)C2CCSC2)CC1. The smallest absolute Gasteiger partial charge is 0.0356 e. The summed E-state index contributed by atoms with van der Waals surface area (Å²) >= 11 is 2.10. The molecule has 2 aliphatic rings. The summed E-state index contributed by atoms with van der Waals surface area (Å²) in [6.45, 7) is 9.13. The van der Waals surface area contributed by atoms with Crippen LogP contribution in [-0.2, 0) is 0 Å². The van der Waals surface area contributed by atoms with Crippen LogP contribution in [0.15, 0.2) is 0 Å². The molecule has 0 spiro atoms. The number of hydrogen-bond donors (Lipinski definition) is 1. The molecule has 1 atom stereocenters. The number of rotatable bonds is 5. The van der Waals surface area contributed by atoms with E-state index < -0.39 is 0 Å². The van der Waals surface area contributed by atoms with Crippen molar-refractivity contribution in [3.05, 3.63) is 0 Å². The fourth-order valence-corrected chi connectivity index (χ4v) is 4.85. The summed E-state index contributed by atoms with van der Waals surface area (Å²) in [6, 6.07) is 0.755. The number of likely N-dealkylation sites (N-methyl/N-ethyl adjacent to an activating group) is 1. The van der Waals surface area contributed by atoms with Crippen molar-refractivity contribution in [2.75, 3.05) is 44.7 Å². The number of nitrogens with two attached hydrogens (primary N) is 1. The van der Waals surface area contributed by atoms with Crippen LogP contribution >= 0.6 is 11.8 Å². The third kappa shape index (κ3) is 3.66. The molecule has 2 heterocycles. The van der Waals surface area contributed by atoms with Gasteiger partial charge in [0.1, 0.15) is 0 Å². The molecule has 1 unspecified atom stereocenters. The van der Waals surface area contributed by atoms with Crippen LogP contribution in [-0.4, -0.2) is 66.1 Å². The minimum atomic E-state index is 0.267. The first-order chi connectivity index (χ1) is 9.07. The highest BCUT2D eigenvalue weighted by atomic mass is 32.2. The van der Waals surface area contributed by atoms with E-state index in [1.807, 2.05) is 0 Å². The summed E-state index contributed by atoms with van der Waals surface area (Å²) in [5.74, 6) is 3.40. The van der Waals surface area contributed by atoms with Gasteiger partial charge in [0.15, 0.2) is 0 Å². The van der Waals surface area contributed by atoms with E-state index in [0.717, 1.165) is 18.5 Å². The van der Waals surface area contributed by atoms with E-state index in [1.54, 1.807) is 0 Å². The Balaban J connectivity index is 1.93. The van der Waals surface area contributed by atoms with Gasteiger partial charge in [0, 0.05) is 30.4 Å². The molecule has 2 aliphatic heterocycles. The van der Waals surface area contributed by atoms with Crippen molar-refractivity contribution in [3.8, 4) is 0 Å². The van der Waals surface area contributed by atoms with Crippen LogP contribution in [0.5, 0.6) is 0 Å². The van der Waals surface area contributed by atoms with Gasteiger partial charge in [0.05, 0.1) is 0 Å². The quantitative estimate of drug-likeness (QED) is 0.836. The number of hydrogen-bond acceptors (Lipinski definition) is 4. The predicted octanol–water partition coefficient (Wildman–Crippen LogP) is 1.87. The van der Waals surface area contributed by atoms with Crippen molar-refractivity contribution in [1.82, 2.24) is 9.80 Å². The van der Waals surface area contributed by atoms with Crippen LogP contribution in [0.2, 0.25) is 0 Å². The Morgan fingerprint density at radius 3 is 2.53 bits per heavy atom. The van der Waals surface area contributed by atoms with Gasteiger partial charge in [-0.2, -0.15) is 11.8 Å². The standard InChI is InChI=1S/C15H31N3S/c1-13(2)10-18-7-5-15(12-16,6-8-18)17(3)14-4-9-19-11-14/h13-14H,4-12,16H2,1-3H3. The summed E-state index contributed by atoms with van der Waals surface area (Å²) in [7, 11) is 2.32. The maximum Gasteiger partial charge on any atom is 0.0356 e. The summed E-state index contributed by atoms with van der Waals surface area (Å²) in [4.78, 5) is 5.26. The lowest BCUT2D eigenvalue weighted by Gasteiger charge is -2.49. The third-order valence-corrected chi connectivity index (χ3v) is 6.14. The molecule has 0 aromatic heterocycles.